The van der Waals surface area contributed by atoms with Crippen molar-refractivity contribution in [2.24, 2.45) is 5.92 Å². The minimum atomic E-state index is -0.214. The van der Waals surface area contributed by atoms with Crippen LogP contribution >= 0.6 is 11.3 Å². The highest BCUT2D eigenvalue weighted by Crippen LogP contribution is 2.31. The summed E-state index contributed by atoms with van der Waals surface area (Å²) in [5.74, 6) is -0.253. The van der Waals surface area contributed by atoms with Crippen LogP contribution in [0.15, 0.2) is 42.5 Å². The number of rotatable bonds is 4. The lowest BCUT2D eigenvalue weighted by Crippen LogP contribution is -2.43. The van der Waals surface area contributed by atoms with Gasteiger partial charge in [-0.25, -0.2) is 4.98 Å². The lowest BCUT2D eigenvalue weighted by Gasteiger charge is -2.32. The summed E-state index contributed by atoms with van der Waals surface area (Å²) in [5, 5.41) is 4.06. The van der Waals surface area contributed by atoms with Crippen LogP contribution in [0.3, 0.4) is 0 Å². The summed E-state index contributed by atoms with van der Waals surface area (Å²) in [4.78, 5) is 34.7. The van der Waals surface area contributed by atoms with Gasteiger partial charge in [0.15, 0.2) is 5.13 Å². The van der Waals surface area contributed by atoms with Crippen LogP contribution in [0.25, 0.3) is 10.2 Å². The Kier molecular flexibility index (Phi) is 6.28. The molecule has 2 fully saturated rings. The number of carbonyl (C=O) groups excluding carboxylic acids is 2. The van der Waals surface area contributed by atoms with Crippen molar-refractivity contribution in [1.82, 2.24) is 9.88 Å². The largest absolute Gasteiger partial charge is 0.378 e. The first-order valence-corrected chi connectivity index (χ1v) is 12.3. The number of likely N-dealkylation sites (tertiary alicyclic amines) is 1. The van der Waals surface area contributed by atoms with Gasteiger partial charge >= 0.3 is 0 Å². The lowest BCUT2D eigenvalue weighted by molar-refractivity contribution is -0.121. The fourth-order valence-electron chi connectivity index (χ4n) is 4.38. The van der Waals surface area contributed by atoms with Gasteiger partial charge in [-0.3, -0.25) is 9.59 Å². The number of amides is 2. The molecular weight excluding hydrogens is 436 g/mol. The molecule has 1 unspecified atom stereocenters. The molecule has 2 saturated heterocycles. The molecular formula is C25H28N4O3S. The number of nitrogens with one attached hydrogen (secondary N) is 1. The Labute approximate surface area is 197 Å². The van der Waals surface area contributed by atoms with Gasteiger partial charge in [-0.15, -0.1) is 0 Å². The van der Waals surface area contributed by atoms with Gasteiger partial charge in [-0.05, 0) is 50.1 Å². The van der Waals surface area contributed by atoms with E-state index in [1.807, 2.05) is 49.4 Å². The van der Waals surface area contributed by atoms with Crippen molar-refractivity contribution in [3.05, 3.63) is 53.6 Å². The van der Waals surface area contributed by atoms with Crippen LogP contribution in [-0.2, 0) is 9.53 Å². The first-order valence-electron chi connectivity index (χ1n) is 11.5. The molecule has 33 heavy (non-hydrogen) atoms. The Morgan fingerprint density at radius 3 is 2.67 bits per heavy atom. The molecule has 0 spiro atoms. The number of thiazole rings is 1. The summed E-state index contributed by atoms with van der Waals surface area (Å²) in [7, 11) is 0. The molecule has 5 rings (SSSR count). The number of aryl methyl sites for hydroxylation is 1. The van der Waals surface area contributed by atoms with Crippen LogP contribution in [0.2, 0.25) is 0 Å². The van der Waals surface area contributed by atoms with E-state index in [1.165, 1.54) is 0 Å². The number of carbonyl (C=O) groups is 2. The molecule has 2 amide bonds. The first-order chi connectivity index (χ1) is 16.1. The average molecular weight is 465 g/mol. The van der Waals surface area contributed by atoms with Crippen LogP contribution in [0, 0.1) is 12.8 Å². The zero-order valence-corrected chi connectivity index (χ0v) is 19.6. The van der Waals surface area contributed by atoms with Gasteiger partial charge in [0.2, 0.25) is 5.91 Å². The number of anilines is 2. The van der Waals surface area contributed by atoms with Gasteiger partial charge < -0.3 is 19.9 Å². The predicted octanol–water partition coefficient (Wildman–Crippen LogP) is 3.93. The summed E-state index contributed by atoms with van der Waals surface area (Å²) < 4.78 is 6.48. The molecule has 7 nitrogen and oxygen atoms in total. The molecule has 3 aromatic rings. The van der Waals surface area contributed by atoms with Gasteiger partial charge in [-0.2, -0.15) is 0 Å². The smallest absolute Gasteiger partial charge is 0.253 e. The van der Waals surface area contributed by atoms with E-state index in [2.05, 4.69) is 10.2 Å². The maximum Gasteiger partial charge on any atom is 0.253 e. The Hall–Kier alpha value is -2.97. The maximum atomic E-state index is 13.0. The van der Waals surface area contributed by atoms with Gasteiger partial charge in [0.25, 0.3) is 5.91 Å². The van der Waals surface area contributed by atoms with Crippen molar-refractivity contribution in [3.8, 4) is 0 Å². The zero-order chi connectivity index (χ0) is 22.8. The minimum Gasteiger partial charge on any atom is -0.378 e. The van der Waals surface area contributed by atoms with Crippen LogP contribution in [0.1, 0.15) is 28.8 Å². The Balaban J connectivity index is 1.24. The number of hydrogen-bond donors (Lipinski definition) is 1. The highest BCUT2D eigenvalue weighted by Gasteiger charge is 2.29. The van der Waals surface area contributed by atoms with E-state index >= 15 is 0 Å². The highest BCUT2D eigenvalue weighted by atomic mass is 32.1. The van der Waals surface area contributed by atoms with Crippen LogP contribution < -0.4 is 10.2 Å². The van der Waals surface area contributed by atoms with Crippen molar-refractivity contribution >= 4 is 44.2 Å². The minimum absolute atomic E-state index is 0.00535. The molecule has 1 aromatic heterocycles. The van der Waals surface area contributed by atoms with Crippen molar-refractivity contribution in [2.45, 2.75) is 19.8 Å². The van der Waals surface area contributed by atoms with E-state index in [0.29, 0.717) is 18.7 Å². The molecule has 8 heteroatoms. The van der Waals surface area contributed by atoms with Gasteiger partial charge in [0, 0.05) is 37.4 Å². The predicted molar refractivity (Wildman–Crippen MR) is 131 cm³/mol. The maximum absolute atomic E-state index is 13.0. The standard InChI is InChI=1S/C25H28N4O3S/c1-17-4-6-18(7-5-17)24(31)29-10-2-3-19(16-29)23(30)26-20-8-9-21-22(15-20)33-25(27-21)28-11-13-32-14-12-28/h4-9,15,19H,2-3,10-14,16H2,1H3,(H,26,30). The molecule has 0 saturated carbocycles. The number of aromatic nitrogens is 1. The number of ether oxygens (including phenoxy) is 1. The monoisotopic (exact) mass is 464 g/mol. The van der Waals surface area contributed by atoms with Crippen molar-refractivity contribution in [3.63, 3.8) is 0 Å². The summed E-state index contributed by atoms with van der Waals surface area (Å²) in [6.45, 7) is 6.29. The molecule has 0 radical (unpaired) electrons. The molecule has 172 valence electrons. The summed E-state index contributed by atoms with van der Waals surface area (Å²) in [6.07, 6.45) is 1.61. The fraction of sp³-hybridized carbons (Fsp3) is 0.400. The van der Waals surface area contributed by atoms with Gasteiger partial charge in [0.1, 0.15) is 0 Å². The molecule has 2 aromatic carbocycles. The molecule has 1 atom stereocenters. The number of piperidine rings is 1. The Morgan fingerprint density at radius 1 is 1.09 bits per heavy atom. The lowest BCUT2D eigenvalue weighted by atomic mass is 9.96. The SMILES string of the molecule is Cc1ccc(C(=O)N2CCCC(C(=O)Nc3ccc4nc(N5CCOCC5)sc4c3)C2)cc1. The van der Waals surface area contributed by atoms with Crippen LogP contribution in [0.4, 0.5) is 10.8 Å². The molecule has 0 bridgehead atoms. The van der Waals surface area contributed by atoms with Crippen molar-refractivity contribution < 1.29 is 14.3 Å². The van der Waals surface area contributed by atoms with Crippen molar-refractivity contribution in [1.29, 1.82) is 0 Å². The van der Waals surface area contributed by atoms with E-state index in [1.54, 1.807) is 16.2 Å². The third-order valence-electron chi connectivity index (χ3n) is 6.30. The number of fused-ring (bicyclic) bond motifs is 1. The van der Waals surface area contributed by atoms with E-state index in [9.17, 15) is 9.59 Å². The fourth-order valence-corrected chi connectivity index (χ4v) is 5.44. The van der Waals surface area contributed by atoms with E-state index in [4.69, 9.17) is 9.72 Å². The van der Waals surface area contributed by atoms with Gasteiger partial charge in [0.05, 0.1) is 29.3 Å². The number of hydrogen-bond acceptors (Lipinski definition) is 6. The number of nitrogens with zero attached hydrogens (tertiary/aromatic N) is 3. The summed E-state index contributed by atoms with van der Waals surface area (Å²) >= 11 is 1.64. The van der Waals surface area contributed by atoms with Gasteiger partial charge in [-0.1, -0.05) is 29.0 Å². The Bertz CT molecular complexity index is 1150. The van der Waals surface area contributed by atoms with E-state index in [0.717, 1.165) is 65.7 Å². The number of benzene rings is 2. The highest BCUT2D eigenvalue weighted by molar-refractivity contribution is 7.22. The molecule has 0 aliphatic carbocycles. The third kappa shape index (κ3) is 4.86. The molecule has 2 aliphatic heterocycles. The van der Waals surface area contributed by atoms with Crippen molar-refractivity contribution in [2.75, 3.05) is 49.6 Å². The molecule has 3 heterocycles. The third-order valence-corrected chi connectivity index (χ3v) is 7.38. The average Bonchev–Trinajstić information content (AvgIpc) is 3.28. The normalized spacial score (nSPS) is 19.0. The molecule has 1 N–H and O–H groups in total. The molecule has 2 aliphatic rings. The second-order valence-electron chi connectivity index (χ2n) is 8.72. The topological polar surface area (TPSA) is 74.8 Å². The second kappa shape index (κ2) is 9.49. The summed E-state index contributed by atoms with van der Waals surface area (Å²) in [5.41, 5.74) is 3.50. The first kappa shape index (κ1) is 21.9. The Morgan fingerprint density at radius 2 is 1.88 bits per heavy atom. The van der Waals surface area contributed by atoms with Crippen LogP contribution in [-0.4, -0.2) is 61.1 Å². The summed E-state index contributed by atoms with van der Waals surface area (Å²) in [6, 6.07) is 13.5. The zero-order valence-electron chi connectivity index (χ0n) is 18.8. The van der Waals surface area contributed by atoms with E-state index in [-0.39, 0.29) is 17.7 Å². The quantitative estimate of drug-likeness (QED) is 0.633. The number of morpholine rings is 1. The van der Waals surface area contributed by atoms with Crippen LogP contribution in [0.5, 0.6) is 0 Å². The van der Waals surface area contributed by atoms with E-state index < -0.39 is 0 Å². The second-order valence-corrected chi connectivity index (χ2v) is 9.73.